The first-order valence-electron chi connectivity index (χ1n) is 1.77. The molecule has 1 fully saturated rings. The molecular weight excluding hydrogens is 99.0 g/mol. The molecule has 0 aliphatic carbocycles. The van der Waals surface area contributed by atoms with Gasteiger partial charge in [0.15, 0.2) is 0 Å². The predicted molar refractivity (Wildman–Crippen MR) is 23.4 cm³/mol. The van der Waals surface area contributed by atoms with Gasteiger partial charge in [-0.15, -0.1) is 5.50 Å². The third-order valence-corrected chi connectivity index (χ3v) is 1.66. The highest BCUT2D eigenvalue weighted by Crippen LogP contribution is 2.24. The first-order chi connectivity index (χ1) is 2.80. The molecule has 6 heavy (non-hydrogen) atoms. The maximum Gasteiger partial charge on any atom is 0.532 e. The van der Waals surface area contributed by atoms with E-state index in [1.165, 1.54) is 0 Å². The van der Waals surface area contributed by atoms with Crippen LogP contribution in [-0.4, -0.2) is 17.8 Å². The molecule has 1 rings (SSSR count). The molecule has 1 aliphatic heterocycles. The van der Waals surface area contributed by atoms with Gasteiger partial charge >= 0.3 is 8.10 Å². The van der Waals surface area contributed by atoms with E-state index >= 15 is 0 Å². The summed E-state index contributed by atoms with van der Waals surface area (Å²) in [5.41, 5.74) is 4.93. The van der Waals surface area contributed by atoms with E-state index < -0.39 is 8.10 Å². The van der Waals surface area contributed by atoms with E-state index in [0.29, 0.717) is 0 Å². The number of nitrogens with zero attached hydrogens (tertiary/aromatic N) is 1. The summed E-state index contributed by atoms with van der Waals surface area (Å²) in [4.78, 5) is 0. The van der Waals surface area contributed by atoms with E-state index in [9.17, 15) is 4.57 Å². The Bertz CT molecular complexity index is 79.6. The van der Waals surface area contributed by atoms with Crippen LogP contribution in [0.15, 0.2) is 0 Å². The van der Waals surface area contributed by atoms with E-state index in [0.717, 1.165) is 13.1 Å². The lowest BCUT2D eigenvalue weighted by atomic mass is 11.0. The third kappa shape index (κ3) is 0.744. The minimum atomic E-state index is -1.47. The van der Waals surface area contributed by atoms with Gasteiger partial charge < -0.3 is 0 Å². The van der Waals surface area contributed by atoms with Gasteiger partial charge in [0.05, 0.1) is 13.1 Å². The molecular formula is C2H6N2OP+. The van der Waals surface area contributed by atoms with Crippen LogP contribution in [0, 0.1) is 0 Å². The zero-order valence-electron chi connectivity index (χ0n) is 3.29. The van der Waals surface area contributed by atoms with Crippen molar-refractivity contribution in [2.45, 2.75) is 0 Å². The normalized spacial score (nSPS) is 23.8. The molecule has 0 spiro atoms. The van der Waals surface area contributed by atoms with Gasteiger partial charge in [-0.25, -0.2) is 0 Å². The van der Waals surface area contributed by atoms with Crippen LogP contribution in [0.4, 0.5) is 0 Å². The van der Waals surface area contributed by atoms with E-state index in [4.69, 9.17) is 5.50 Å². The predicted octanol–water partition coefficient (Wildman–Crippen LogP) is -0.0819. The quantitative estimate of drug-likeness (QED) is 0.374. The summed E-state index contributed by atoms with van der Waals surface area (Å²) in [6.07, 6.45) is 0. The highest BCUT2D eigenvalue weighted by molar-refractivity contribution is 7.39. The summed E-state index contributed by atoms with van der Waals surface area (Å²) in [7, 11) is -1.47. The fourth-order valence-electron chi connectivity index (χ4n) is 0.242. The summed E-state index contributed by atoms with van der Waals surface area (Å²) >= 11 is 0. The Balaban J connectivity index is 2.31. The molecule has 0 radical (unpaired) electrons. The summed E-state index contributed by atoms with van der Waals surface area (Å²) in [5.74, 6) is 0. The van der Waals surface area contributed by atoms with Crippen LogP contribution in [0.5, 0.6) is 0 Å². The Morgan fingerprint density at radius 1 is 1.67 bits per heavy atom. The van der Waals surface area contributed by atoms with E-state index in [2.05, 4.69) is 0 Å². The maximum absolute atomic E-state index is 10.1. The highest BCUT2D eigenvalue weighted by Gasteiger charge is 2.34. The average Bonchev–Trinajstić information content (AvgIpc) is 2.06. The molecule has 0 saturated carbocycles. The van der Waals surface area contributed by atoms with Gasteiger partial charge in [0.1, 0.15) is 0 Å². The second-order valence-electron chi connectivity index (χ2n) is 1.26. The molecule has 1 unspecified atom stereocenters. The first kappa shape index (κ1) is 4.19. The Labute approximate surface area is 37.0 Å². The Morgan fingerprint density at radius 2 is 2.17 bits per heavy atom. The Morgan fingerprint density at radius 3 is 2.17 bits per heavy atom. The lowest BCUT2D eigenvalue weighted by molar-refractivity contribution is 0.568. The van der Waals surface area contributed by atoms with Crippen molar-refractivity contribution >= 4 is 8.10 Å². The van der Waals surface area contributed by atoms with Crippen molar-refractivity contribution < 1.29 is 4.57 Å². The zero-order chi connectivity index (χ0) is 4.57. The fourth-order valence-corrected chi connectivity index (χ4v) is 0.726. The number of rotatable bonds is 1. The maximum atomic E-state index is 10.1. The van der Waals surface area contributed by atoms with Crippen LogP contribution in [0.3, 0.4) is 0 Å². The molecule has 3 nitrogen and oxygen atoms in total. The van der Waals surface area contributed by atoms with Crippen LogP contribution >= 0.6 is 8.10 Å². The molecule has 1 heterocycles. The van der Waals surface area contributed by atoms with Crippen molar-refractivity contribution in [2.75, 3.05) is 13.1 Å². The molecule has 0 amide bonds. The monoisotopic (exact) mass is 105 g/mol. The van der Waals surface area contributed by atoms with Gasteiger partial charge in [0.25, 0.3) is 0 Å². The van der Waals surface area contributed by atoms with Gasteiger partial charge in [0.2, 0.25) is 0 Å². The molecule has 0 bridgehead atoms. The van der Waals surface area contributed by atoms with E-state index in [-0.39, 0.29) is 0 Å². The topological polar surface area (TPSA) is 46.1 Å². The van der Waals surface area contributed by atoms with Crippen molar-refractivity contribution in [3.05, 3.63) is 0 Å². The molecule has 0 aromatic rings. The molecule has 0 aromatic heterocycles. The van der Waals surface area contributed by atoms with Crippen LogP contribution in [0.25, 0.3) is 0 Å². The lowest BCUT2D eigenvalue weighted by Gasteiger charge is -1.64. The number of nitrogens with two attached hydrogens (primary N) is 1. The van der Waals surface area contributed by atoms with Crippen molar-refractivity contribution in [3.63, 3.8) is 0 Å². The Hall–Kier alpha value is 0.0200. The third-order valence-electron chi connectivity index (χ3n) is 0.702. The molecule has 1 saturated heterocycles. The summed E-state index contributed by atoms with van der Waals surface area (Å²) in [6, 6.07) is 0. The summed E-state index contributed by atoms with van der Waals surface area (Å²) in [6.45, 7) is 1.84. The van der Waals surface area contributed by atoms with Gasteiger partial charge in [-0.3, -0.25) is 0 Å². The summed E-state index contributed by atoms with van der Waals surface area (Å²) in [5, 5.41) is 0. The van der Waals surface area contributed by atoms with Crippen LogP contribution in [-0.2, 0) is 4.57 Å². The molecule has 2 N–H and O–H groups in total. The molecule has 34 valence electrons. The molecule has 0 aromatic carbocycles. The second-order valence-corrected chi connectivity index (χ2v) is 2.43. The Kier molecular flexibility index (Phi) is 0.880. The minimum Gasteiger partial charge on any atom is -0.104 e. The molecule has 1 atom stereocenters. The van der Waals surface area contributed by atoms with Crippen LogP contribution in [0.2, 0.25) is 0 Å². The standard InChI is InChI=1S/C2H6N2OP/c3-6(5)4-1-2-4/h1-2H2,(H2,3,5)/q+1. The average molecular weight is 105 g/mol. The minimum absolute atomic E-state index is 0.922. The SMILES string of the molecule is N[P+](=O)N1CC1. The zero-order valence-corrected chi connectivity index (χ0v) is 4.19. The van der Waals surface area contributed by atoms with Gasteiger partial charge in [-0.1, -0.05) is 4.67 Å². The van der Waals surface area contributed by atoms with Gasteiger partial charge in [-0.2, -0.15) is 0 Å². The molecule has 4 heteroatoms. The smallest absolute Gasteiger partial charge is 0.104 e. The number of hydrogen-bond donors (Lipinski definition) is 1. The van der Waals surface area contributed by atoms with Crippen molar-refractivity contribution in [3.8, 4) is 0 Å². The summed E-state index contributed by atoms with van der Waals surface area (Å²) < 4.78 is 11.8. The van der Waals surface area contributed by atoms with Crippen LogP contribution in [0.1, 0.15) is 0 Å². The highest BCUT2D eigenvalue weighted by atomic mass is 31.1. The van der Waals surface area contributed by atoms with E-state index in [1.807, 2.05) is 0 Å². The van der Waals surface area contributed by atoms with Crippen molar-refractivity contribution in [1.82, 2.24) is 4.67 Å². The van der Waals surface area contributed by atoms with Crippen molar-refractivity contribution in [2.24, 2.45) is 5.50 Å². The lowest BCUT2D eigenvalue weighted by Crippen LogP contribution is -1.86. The second kappa shape index (κ2) is 1.26. The van der Waals surface area contributed by atoms with Crippen LogP contribution < -0.4 is 5.50 Å². The fraction of sp³-hybridized carbons (Fsp3) is 1.00. The van der Waals surface area contributed by atoms with Gasteiger partial charge in [0, 0.05) is 0 Å². The van der Waals surface area contributed by atoms with Gasteiger partial charge in [-0.05, 0) is 4.57 Å². The van der Waals surface area contributed by atoms with Crippen molar-refractivity contribution in [1.29, 1.82) is 0 Å². The first-order valence-corrected chi connectivity index (χ1v) is 3.05. The molecule has 1 aliphatic rings. The van der Waals surface area contributed by atoms with E-state index in [1.54, 1.807) is 4.67 Å². The largest absolute Gasteiger partial charge is 0.532 e. The number of hydrogen-bond acceptors (Lipinski definition) is 1.